The van der Waals surface area contributed by atoms with Gasteiger partial charge in [-0.05, 0) is 51.8 Å². The van der Waals surface area contributed by atoms with E-state index in [1.165, 1.54) is 24.4 Å². The maximum atomic E-state index is 12.6. The number of likely N-dealkylation sites (tertiary alicyclic amines) is 1. The largest absolute Gasteiger partial charge is 0.444 e. The van der Waals surface area contributed by atoms with Crippen molar-refractivity contribution in [2.45, 2.75) is 45.3 Å². The first-order valence-corrected chi connectivity index (χ1v) is 13.0. The van der Waals surface area contributed by atoms with E-state index < -0.39 is 21.5 Å². The van der Waals surface area contributed by atoms with E-state index in [4.69, 9.17) is 22.1 Å². The third-order valence-electron chi connectivity index (χ3n) is 5.37. The van der Waals surface area contributed by atoms with E-state index in [2.05, 4.69) is 15.0 Å². The highest BCUT2D eigenvalue weighted by atomic mass is 35.5. The van der Waals surface area contributed by atoms with Crippen LogP contribution in [0.4, 0.5) is 16.2 Å². The van der Waals surface area contributed by atoms with Crippen LogP contribution in [0.5, 0.6) is 0 Å². The molecule has 2 fully saturated rings. The minimum atomic E-state index is -3.50. The van der Waals surface area contributed by atoms with Crippen molar-refractivity contribution in [3.8, 4) is 0 Å². The minimum Gasteiger partial charge on any atom is -0.444 e. The molecule has 186 valence electrons. The zero-order chi connectivity index (χ0) is 25.3. The Bertz CT molecular complexity index is 1130. The number of nitrogens with zero attached hydrogens (tertiary/aromatic N) is 2. The first kappa shape index (κ1) is 25.8. The molecule has 1 spiro atoms. The fourth-order valence-corrected chi connectivity index (χ4v) is 4.80. The summed E-state index contributed by atoms with van der Waals surface area (Å²) in [6.07, 6.45) is 4.93. The second-order valence-corrected chi connectivity index (χ2v) is 12.0. The number of ether oxygens (including phenoxy) is 1. The highest BCUT2D eigenvalue weighted by Crippen LogP contribution is 2.49. The monoisotopic (exact) mass is 511 g/mol. The molecule has 1 aliphatic heterocycles. The molecule has 2 amide bonds. The van der Waals surface area contributed by atoms with E-state index in [0.29, 0.717) is 18.8 Å². The topological polar surface area (TPSA) is 143 Å². The van der Waals surface area contributed by atoms with Crippen molar-refractivity contribution < 1.29 is 22.7 Å². The molecule has 10 nitrogen and oxygen atoms in total. The fourth-order valence-electron chi connectivity index (χ4n) is 4.02. The Hall–Kier alpha value is -2.79. The van der Waals surface area contributed by atoms with Crippen molar-refractivity contribution in [2.24, 2.45) is 16.1 Å². The normalized spacial score (nSPS) is 18.4. The molecular formula is C22H30ClN5O5S. The lowest BCUT2D eigenvalue weighted by atomic mass is 9.61. The number of aliphatic imine (C=N–C) groups is 1. The second kappa shape index (κ2) is 9.46. The van der Waals surface area contributed by atoms with Gasteiger partial charge in [0.05, 0.1) is 23.6 Å². The molecule has 1 aromatic rings. The van der Waals surface area contributed by atoms with Crippen LogP contribution >= 0.6 is 11.6 Å². The van der Waals surface area contributed by atoms with E-state index >= 15 is 0 Å². The van der Waals surface area contributed by atoms with Gasteiger partial charge in [0.1, 0.15) is 5.60 Å². The molecule has 1 aliphatic carbocycles. The van der Waals surface area contributed by atoms with Crippen LogP contribution in [0.2, 0.25) is 5.02 Å². The van der Waals surface area contributed by atoms with E-state index in [9.17, 15) is 18.0 Å². The molecule has 0 radical (unpaired) electrons. The van der Waals surface area contributed by atoms with Crippen molar-refractivity contribution in [1.29, 1.82) is 0 Å². The van der Waals surface area contributed by atoms with Gasteiger partial charge < -0.3 is 20.7 Å². The number of hydrogen-bond acceptors (Lipinski definition) is 7. The van der Waals surface area contributed by atoms with Crippen LogP contribution in [-0.2, 0) is 19.6 Å². The number of hydrogen-bond donors (Lipinski definition) is 3. The van der Waals surface area contributed by atoms with Gasteiger partial charge in [0.2, 0.25) is 10.0 Å². The highest BCUT2D eigenvalue weighted by molar-refractivity contribution is 7.92. The number of nitrogens with two attached hydrogens (primary N) is 1. The number of carbonyl (C=O) groups is 2. The molecule has 34 heavy (non-hydrogen) atoms. The van der Waals surface area contributed by atoms with Crippen LogP contribution in [0.1, 0.15) is 33.6 Å². The summed E-state index contributed by atoms with van der Waals surface area (Å²) in [6, 6.07) is 4.40. The van der Waals surface area contributed by atoms with Crippen LogP contribution in [-0.4, -0.2) is 62.5 Å². The zero-order valence-corrected chi connectivity index (χ0v) is 21.2. The summed E-state index contributed by atoms with van der Waals surface area (Å²) in [7, 11) is -3.50. The average Bonchev–Trinajstić information content (AvgIpc) is 2.58. The lowest BCUT2D eigenvalue weighted by molar-refractivity contribution is -0.112. The summed E-state index contributed by atoms with van der Waals surface area (Å²) in [5, 5.41) is 2.89. The summed E-state index contributed by atoms with van der Waals surface area (Å²) < 4.78 is 30.6. The lowest BCUT2D eigenvalue weighted by Crippen LogP contribution is -2.65. The number of carbonyl (C=O) groups excluding carboxylic acids is 2. The van der Waals surface area contributed by atoms with Gasteiger partial charge >= 0.3 is 6.09 Å². The quantitative estimate of drug-likeness (QED) is 0.395. The Morgan fingerprint density at radius 3 is 2.41 bits per heavy atom. The standard InChI is InChI=1S/C22H30ClN5O5S/c1-21(2,3)33-20(30)28-12-22(13-28)8-18(9-22)25-11-14(10-24)19(29)26-16-5-15(23)6-17(7-16)27-34(4,31)32/h5-7,10-11,18,27H,8-9,12-13,24H2,1-4H3,(H,26,29)/b14-10+,25-11?. The van der Waals surface area contributed by atoms with Crippen LogP contribution < -0.4 is 15.8 Å². The first-order chi connectivity index (χ1) is 15.7. The maximum absolute atomic E-state index is 12.6. The summed E-state index contributed by atoms with van der Waals surface area (Å²) in [5.41, 5.74) is 5.84. The number of halogens is 1. The molecule has 1 heterocycles. The molecule has 0 atom stereocenters. The van der Waals surface area contributed by atoms with Crippen LogP contribution in [0, 0.1) is 5.41 Å². The molecule has 1 saturated carbocycles. The van der Waals surface area contributed by atoms with E-state index in [0.717, 1.165) is 25.3 Å². The molecule has 0 aromatic heterocycles. The Kier molecular flexibility index (Phi) is 7.18. The van der Waals surface area contributed by atoms with Gasteiger partial charge in [0.25, 0.3) is 5.91 Å². The van der Waals surface area contributed by atoms with Gasteiger partial charge in [-0.1, -0.05) is 11.6 Å². The third kappa shape index (κ3) is 6.86. The van der Waals surface area contributed by atoms with Crippen LogP contribution in [0.25, 0.3) is 0 Å². The molecule has 0 bridgehead atoms. The molecule has 1 aromatic carbocycles. The highest BCUT2D eigenvalue weighted by Gasteiger charge is 2.54. The van der Waals surface area contributed by atoms with Gasteiger partial charge in [0.15, 0.2) is 0 Å². The number of sulfonamides is 1. The number of anilines is 2. The molecular weight excluding hydrogens is 482 g/mol. The van der Waals surface area contributed by atoms with Crippen molar-refractivity contribution in [1.82, 2.24) is 4.90 Å². The molecule has 0 unspecified atom stereocenters. The molecule has 12 heteroatoms. The molecule has 3 rings (SSSR count). The van der Waals surface area contributed by atoms with Gasteiger partial charge in [-0.2, -0.15) is 0 Å². The number of nitrogens with one attached hydrogen (secondary N) is 2. The van der Waals surface area contributed by atoms with Gasteiger partial charge in [0, 0.05) is 41.6 Å². The van der Waals surface area contributed by atoms with E-state index in [1.807, 2.05) is 20.8 Å². The Balaban J connectivity index is 1.52. The fraction of sp³-hybridized carbons (Fsp3) is 0.500. The molecule has 2 aliphatic rings. The summed E-state index contributed by atoms with van der Waals surface area (Å²) >= 11 is 6.03. The van der Waals surface area contributed by atoms with Crippen molar-refractivity contribution >= 4 is 51.2 Å². The Morgan fingerprint density at radius 2 is 1.85 bits per heavy atom. The SMILES string of the molecule is CC(C)(C)OC(=O)N1CC2(CC(N=C/C(=C\N)C(=O)Nc3cc(Cl)cc(NS(C)(=O)=O)c3)C2)C1. The van der Waals surface area contributed by atoms with E-state index in [1.54, 1.807) is 4.90 Å². The summed E-state index contributed by atoms with van der Waals surface area (Å²) in [5.74, 6) is -0.507. The summed E-state index contributed by atoms with van der Waals surface area (Å²) in [4.78, 5) is 30.9. The lowest BCUT2D eigenvalue weighted by Gasteiger charge is -2.57. The van der Waals surface area contributed by atoms with Gasteiger partial charge in [-0.15, -0.1) is 0 Å². The van der Waals surface area contributed by atoms with Crippen LogP contribution in [0.15, 0.2) is 35.0 Å². The van der Waals surface area contributed by atoms with Crippen molar-refractivity contribution in [2.75, 3.05) is 29.4 Å². The minimum absolute atomic E-state index is 0.0419. The smallest absolute Gasteiger partial charge is 0.410 e. The summed E-state index contributed by atoms with van der Waals surface area (Å²) in [6.45, 7) is 6.81. The Morgan fingerprint density at radius 1 is 1.24 bits per heavy atom. The Labute approximate surface area is 204 Å². The second-order valence-electron chi connectivity index (χ2n) is 9.86. The van der Waals surface area contributed by atoms with E-state index in [-0.39, 0.29) is 33.8 Å². The molecule has 1 saturated heterocycles. The van der Waals surface area contributed by atoms with Gasteiger partial charge in [-0.3, -0.25) is 14.5 Å². The van der Waals surface area contributed by atoms with Crippen molar-refractivity contribution in [3.05, 3.63) is 35.0 Å². The third-order valence-corrected chi connectivity index (χ3v) is 6.19. The first-order valence-electron chi connectivity index (χ1n) is 10.7. The molecule has 4 N–H and O–H groups in total. The van der Waals surface area contributed by atoms with Gasteiger partial charge in [-0.25, -0.2) is 13.2 Å². The van der Waals surface area contributed by atoms with Crippen LogP contribution in [0.3, 0.4) is 0 Å². The maximum Gasteiger partial charge on any atom is 0.410 e. The zero-order valence-electron chi connectivity index (χ0n) is 19.6. The number of amides is 2. The average molecular weight is 512 g/mol. The van der Waals surface area contributed by atoms with Crippen molar-refractivity contribution in [3.63, 3.8) is 0 Å². The number of rotatable bonds is 6. The predicted octanol–water partition coefficient (Wildman–Crippen LogP) is 2.96. The predicted molar refractivity (Wildman–Crippen MR) is 133 cm³/mol. The number of benzene rings is 1.